The first-order chi connectivity index (χ1) is 9.43. The first-order valence-electron chi connectivity index (χ1n) is 5.87. The predicted molar refractivity (Wildman–Crippen MR) is 76.8 cm³/mol. The summed E-state index contributed by atoms with van der Waals surface area (Å²) in [6.07, 6.45) is 0. The van der Waals surface area contributed by atoms with Crippen molar-refractivity contribution >= 4 is 23.2 Å². The second-order valence-corrected chi connectivity index (χ2v) is 5.22. The van der Waals surface area contributed by atoms with Gasteiger partial charge in [-0.15, -0.1) is 11.6 Å². The maximum Gasteiger partial charge on any atom is 0.131 e. The topological polar surface area (TPSA) is 9.23 Å². The average molecular weight is 317 g/mol. The molecule has 0 saturated heterocycles. The number of halogens is 4. The molecule has 20 heavy (non-hydrogen) atoms. The van der Waals surface area contributed by atoms with Gasteiger partial charge in [-0.3, -0.25) is 0 Å². The van der Waals surface area contributed by atoms with Gasteiger partial charge in [0.05, 0.1) is 12.5 Å². The number of ether oxygens (including phenoxy) is 1. The molecule has 106 valence electrons. The van der Waals surface area contributed by atoms with Gasteiger partial charge in [-0.25, -0.2) is 8.78 Å². The molecule has 0 spiro atoms. The number of methoxy groups -OCH3 is 1. The monoisotopic (exact) mass is 316 g/mol. The lowest BCUT2D eigenvalue weighted by molar-refractivity contribution is 0.414. The third kappa shape index (κ3) is 2.89. The van der Waals surface area contributed by atoms with Gasteiger partial charge in [0.2, 0.25) is 0 Å². The van der Waals surface area contributed by atoms with Crippen molar-refractivity contribution in [3.8, 4) is 5.75 Å². The lowest BCUT2D eigenvalue weighted by Crippen LogP contribution is -2.00. The highest BCUT2D eigenvalue weighted by molar-refractivity contribution is 6.33. The summed E-state index contributed by atoms with van der Waals surface area (Å²) in [6, 6.07) is 7.17. The highest BCUT2D eigenvalue weighted by atomic mass is 35.5. The first-order valence-corrected chi connectivity index (χ1v) is 6.68. The van der Waals surface area contributed by atoms with Gasteiger partial charge in [-0.05, 0) is 36.2 Å². The Kier molecular flexibility index (Phi) is 4.51. The van der Waals surface area contributed by atoms with Crippen molar-refractivity contribution in [2.75, 3.05) is 7.11 Å². The van der Waals surface area contributed by atoms with Crippen LogP contribution in [0.2, 0.25) is 5.02 Å². The van der Waals surface area contributed by atoms with Crippen LogP contribution in [-0.4, -0.2) is 7.11 Å². The molecule has 0 amide bonds. The van der Waals surface area contributed by atoms with Crippen molar-refractivity contribution in [3.05, 3.63) is 63.7 Å². The van der Waals surface area contributed by atoms with Gasteiger partial charge in [-0.1, -0.05) is 17.7 Å². The van der Waals surface area contributed by atoms with Crippen molar-refractivity contribution < 1.29 is 13.5 Å². The summed E-state index contributed by atoms with van der Waals surface area (Å²) >= 11 is 12.4. The number of hydrogen-bond acceptors (Lipinski definition) is 1. The summed E-state index contributed by atoms with van der Waals surface area (Å²) < 4.78 is 32.2. The molecule has 0 aromatic heterocycles. The van der Waals surface area contributed by atoms with E-state index in [9.17, 15) is 8.78 Å². The molecule has 0 aliphatic rings. The standard InChI is InChI=1S/C15H12Cl2F2O/c1-8-5-11(14(19)7-13(8)18)15(17)10-4-3-9(20-2)6-12(10)16/h3-7,15H,1-2H3. The largest absolute Gasteiger partial charge is 0.497 e. The van der Waals surface area contributed by atoms with Crippen LogP contribution < -0.4 is 4.74 Å². The SMILES string of the molecule is COc1ccc(C(Cl)c2cc(C)c(F)cc2F)c(Cl)c1. The van der Waals surface area contributed by atoms with E-state index in [-0.39, 0.29) is 5.56 Å². The molecular weight excluding hydrogens is 305 g/mol. The van der Waals surface area contributed by atoms with Gasteiger partial charge < -0.3 is 4.74 Å². The summed E-state index contributed by atoms with van der Waals surface area (Å²) in [7, 11) is 1.52. The highest BCUT2D eigenvalue weighted by Crippen LogP contribution is 2.37. The Bertz CT molecular complexity index is 644. The molecule has 1 unspecified atom stereocenters. The molecule has 1 atom stereocenters. The molecule has 2 aromatic rings. The fourth-order valence-corrected chi connectivity index (χ4v) is 2.57. The maximum atomic E-state index is 13.9. The Labute approximate surface area is 126 Å². The number of alkyl halides is 1. The molecule has 2 rings (SSSR count). The molecule has 0 fully saturated rings. The predicted octanol–water partition coefficient (Wildman–Crippen LogP) is 5.26. The molecule has 0 heterocycles. The second kappa shape index (κ2) is 5.98. The van der Waals surface area contributed by atoms with E-state index in [1.54, 1.807) is 25.1 Å². The van der Waals surface area contributed by atoms with Crippen molar-refractivity contribution in [2.24, 2.45) is 0 Å². The molecule has 1 nitrogen and oxygen atoms in total. The molecule has 0 aliphatic carbocycles. The fourth-order valence-electron chi connectivity index (χ4n) is 1.88. The Hall–Kier alpha value is -1.32. The van der Waals surface area contributed by atoms with E-state index < -0.39 is 17.0 Å². The van der Waals surface area contributed by atoms with E-state index >= 15 is 0 Å². The molecule has 2 aromatic carbocycles. The summed E-state index contributed by atoms with van der Waals surface area (Å²) in [6.45, 7) is 1.55. The van der Waals surface area contributed by atoms with E-state index in [0.29, 0.717) is 21.9 Å². The third-order valence-corrected chi connectivity index (χ3v) is 3.83. The van der Waals surface area contributed by atoms with Gasteiger partial charge in [-0.2, -0.15) is 0 Å². The lowest BCUT2D eigenvalue weighted by atomic mass is 10.0. The third-order valence-electron chi connectivity index (χ3n) is 3.03. The van der Waals surface area contributed by atoms with Gasteiger partial charge >= 0.3 is 0 Å². The first kappa shape index (κ1) is 15.1. The molecule has 5 heteroatoms. The fraction of sp³-hybridized carbons (Fsp3) is 0.200. The minimum absolute atomic E-state index is 0.192. The lowest BCUT2D eigenvalue weighted by Gasteiger charge is -2.15. The quantitative estimate of drug-likeness (QED) is 0.701. The Balaban J connectivity index is 2.46. The van der Waals surface area contributed by atoms with Crippen molar-refractivity contribution in [2.45, 2.75) is 12.3 Å². The average Bonchev–Trinajstić information content (AvgIpc) is 2.42. The van der Waals surface area contributed by atoms with Crippen LogP contribution in [0.25, 0.3) is 0 Å². The van der Waals surface area contributed by atoms with E-state index in [4.69, 9.17) is 27.9 Å². The van der Waals surface area contributed by atoms with Gasteiger partial charge in [0.15, 0.2) is 0 Å². The van der Waals surface area contributed by atoms with E-state index in [2.05, 4.69) is 0 Å². The summed E-state index contributed by atoms with van der Waals surface area (Å²) in [4.78, 5) is 0. The van der Waals surface area contributed by atoms with Crippen LogP contribution in [0.3, 0.4) is 0 Å². The zero-order valence-corrected chi connectivity index (χ0v) is 12.4. The number of hydrogen-bond donors (Lipinski definition) is 0. The summed E-state index contributed by atoms with van der Waals surface area (Å²) in [5.74, 6) is -0.714. The van der Waals surface area contributed by atoms with E-state index in [1.165, 1.54) is 13.2 Å². The van der Waals surface area contributed by atoms with Gasteiger partial charge in [0, 0.05) is 16.7 Å². The van der Waals surface area contributed by atoms with Crippen molar-refractivity contribution in [3.63, 3.8) is 0 Å². The van der Waals surface area contributed by atoms with Crippen molar-refractivity contribution in [1.29, 1.82) is 0 Å². The summed E-state index contributed by atoms with van der Waals surface area (Å²) in [5, 5.41) is -0.432. The second-order valence-electron chi connectivity index (χ2n) is 4.37. The van der Waals surface area contributed by atoms with Crippen LogP contribution in [0.5, 0.6) is 5.75 Å². The van der Waals surface area contributed by atoms with E-state index in [1.807, 2.05) is 0 Å². The minimum Gasteiger partial charge on any atom is -0.497 e. The smallest absolute Gasteiger partial charge is 0.131 e. The van der Waals surface area contributed by atoms with Crippen LogP contribution in [0, 0.1) is 18.6 Å². The van der Waals surface area contributed by atoms with Crippen LogP contribution in [0.4, 0.5) is 8.78 Å². The molecule has 0 bridgehead atoms. The van der Waals surface area contributed by atoms with Gasteiger partial charge in [0.1, 0.15) is 17.4 Å². The maximum absolute atomic E-state index is 13.9. The summed E-state index contributed by atoms with van der Waals surface area (Å²) in [5.41, 5.74) is 1.06. The molecule has 0 aliphatic heterocycles. The van der Waals surface area contributed by atoms with Crippen LogP contribution in [0.15, 0.2) is 30.3 Å². The van der Waals surface area contributed by atoms with Crippen LogP contribution in [0.1, 0.15) is 22.1 Å². The number of rotatable bonds is 3. The Morgan fingerprint density at radius 1 is 1.05 bits per heavy atom. The van der Waals surface area contributed by atoms with Crippen LogP contribution in [-0.2, 0) is 0 Å². The van der Waals surface area contributed by atoms with E-state index in [0.717, 1.165) is 6.07 Å². The van der Waals surface area contributed by atoms with Crippen molar-refractivity contribution in [1.82, 2.24) is 0 Å². The van der Waals surface area contributed by atoms with Crippen LogP contribution >= 0.6 is 23.2 Å². The minimum atomic E-state index is -0.798. The number of benzene rings is 2. The highest BCUT2D eigenvalue weighted by Gasteiger charge is 2.20. The molecule has 0 saturated carbocycles. The zero-order valence-electron chi connectivity index (χ0n) is 10.9. The molecular formula is C15H12Cl2F2O. The Morgan fingerprint density at radius 2 is 1.75 bits per heavy atom. The van der Waals surface area contributed by atoms with Gasteiger partial charge in [0.25, 0.3) is 0 Å². The molecule has 0 radical (unpaired) electrons. The molecule has 0 N–H and O–H groups in total. The Morgan fingerprint density at radius 3 is 2.35 bits per heavy atom. The zero-order chi connectivity index (χ0) is 14.9. The normalized spacial score (nSPS) is 12.3. The number of aryl methyl sites for hydroxylation is 1.